The summed E-state index contributed by atoms with van der Waals surface area (Å²) in [4.78, 5) is 1.30. The van der Waals surface area contributed by atoms with Crippen molar-refractivity contribution in [3.8, 4) is 0 Å². The first kappa shape index (κ1) is 13.2. The minimum atomic E-state index is 0.540. The molecule has 4 heteroatoms. The van der Waals surface area contributed by atoms with Crippen molar-refractivity contribution < 1.29 is 0 Å². The lowest BCUT2D eigenvalue weighted by atomic mass is 10.1. The summed E-state index contributed by atoms with van der Waals surface area (Å²) in [6.45, 7) is 4.13. The Labute approximate surface area is 123 Å². The molecular formula is C15H19ClN2S. The third-order valence-electron chi connectivity index (χ3n) is 3.62. The quantitative estimate of drug-likeness (QED) is 0.840. The van der Waals surface area contributed by atoms with Crippen LogP contribution in [-0.2, 0) is 6.54 Å². The van der Waals surface area contributed by atoms with E-state index in [0.717, 1.165) is 23.3 Å². The lowest BCUT2D eigenvalue weighted by molar-refractivity contribution is 0.495. The van der Waals surface area contributed by atoms with Crippen LogP contribution in [-0.4, -0.2) is 11.1 Å². The summed E-state index contributed by atoms with van der Waals surface area (Å²) in [6.07, 6.45) is 7.18. The van der Waals surface area contributed by atoms with Crippen LogP contribution in [0.5, 0.6) is 0 Å². The van der Waals surface area contributed by atoms with Gasteiger partial charge >= 0.3 is 0 Å². The van der Waals surface area contributed by atoms with E-state index < -0.39 is 0 Å². The molecule has 102 valence electrons. The van der Waals surface area contributed by atoms with Crippen LogP contribution in [0.1, 0.15) is 36.2 Å². The average molecular weight is 295 g/mol. The van der Waals surface area contributed by atoms with Gasteiger partial charge in [0, 0.05) is 23.3 Å². The fourth-order valence-corrected chi connectivity index (χ4v) is 3.66. The van der Waals surface area contributed by atoms with Crippen molar-refractivity contribution in [2.45, 2.75) is 32.4 Å². The Balaban J connectivity index is 1.71. The standard InChI is InChI=1S/C15H19ClN2S/c1-2-17-15(11-3-4-11)12-7-8-18(9-12)10-13-5-6-14(16)19-13/h5-9,11,15,17H,2-4,10H2,1H3. The smallest absolute Gasteiger partial charge is 0.0931 e. The molecule has 0 saturated heterocycles. The van der Waals surface area contributed by atoms with E-state index in [-0.39, 0.29) is 0 Å². The molecule has 1 aliphatic rings. The van der Waals surface area contributed by atoms with E-state index in [1.165, 1.54) is 23.3 Å². The monoisotopic (exact) mass is 294 g/mol. The minimum Gasteiger partial charge on any atom is -0.349 e. The number of hydrogen-bond donors (Lipinski definition) is 1. The molecule has 1 N–H and O–H groups in total. The molecule has 3 rings (SSSR count). The molecule has 2 nitrogen and oxygen atoms in total. The summed E-state index contributed by atoms with van der Waals surface area (Å²) in [5.74, 6) is 0.840. The third kappa shape index (κ3) is 3.22. The first-order valence-electron chi connectivity index (χ1n) is 6.89. The molecule has 0 radical (unpaired) electrons. The zero-order valence-corrected chi connectivity index (χ0v) is 12.7. The molecule has 1 saturated carbocycles. The predicted octanol–water partition coefficient (Wildman–Crippen LogP) is 4.31. The first-order chi connectivity index (χ1) is 9.26. The van der Waals surface area contributed by atoms with Gasteiger partial charge in [-0.3, -0.25) is 0 Å². The van der Waals surface area contributed by atoms with Gasteiger partial charge in [-0.1, -0.05) is 18.5 Å². The number of nitrogens with one attached hydrogen (secondary N) is 1. The molecule has 1 fully saturated rings. The van der Waals surface area contributed by atoms with Crippen molar-refractivity contribution in [2.75, 3.05) is 6.54 Å². The average Bonchev–Trinajstić information content (AvgIpc) is 3.00. The zero-order chi connectivity index (χ0) is 13.2. The van der Waals surface area contributed by atoms with Crippen molar-refractivity contribution in [1.82, 2.24) is 9.88 Å². The van der Waals surface area contributed by atoms with E-state index in [1.807, 2.05) is 6.07 Å². The maximum absolute atomic E-state index is 5.97. The highest BCUT2D eigenvalue weighted by molar-refractivity contribution is 7.16. The molecule has 0 amide bonds. The molecule has 2 aromatic heterocycles. The number of halogens is 1. The van der Waals surface area contributed by atoms with E-state index in [4.69, 9.17) is 11.6 Å². The van der Waals surface area contributed by atoms with Gasteiger partial charge in [0.15, 0.2) is 0 Å². The Hall–Kier alpha value is -0.770. The number of rotatable bonds is 6. The van der Waals surface area contributed by atoms with Gasteiger partial charge in [0.25, 0.3) is 0 Å². The highest BCUT2D eigenvalue weighted by Gasteiger charge is 2.31. The van der Waals surface area contributed by atoms with Crippen LogP contribution in [0.3, 0.4) is 0 Å². The molecule has 1 unspecified atom stereocenters. The van der Waals surface area contributed by atoms with Gasteiger partial charge in [-0.2, -0.15) is 0 Å². The molecule has 2 heterocycles. The van der Waals surface area contributed by atoms with E-state index in [1.54, 1.807) is 11.3 Å². The number of thiophene rings is 1. The predicted molar refractivity (Wildman–Crippen MR) is 82.0 cm³/mol. The molecule has 19 heavy (non-hydrogen) atoms. The van der Waals surface area contributed by atoms with Crippen LogP contribution >= 0.6 is 22.9 Å². The van der Waals surface area contributed by atoms with E-state index in [9.17, 15) is 0 Å². The van der Waals surface area contributed by atoms with Gasteiger partial charge in [-0.15, -0.1) is 11.3 Å². The summed E-state index contributed by atoms with van der Waals surface area (Å²) in [5, 5.41) is 3.61. The van der Waals surface area contributed by atoms with Crippen molar-refractivity contribution in [3.63, 3.8) is 0 Å². The van der Waals surface area contributed by atoms with Crippen molar-refractivity contribution in [3.05, 3.63) is 45.4 Å². The van der Waals surface area contributed by atoms with Crippen molar-refractivity contribution >= 4 is 22.9 Å². The Morgan fingerprint density at radius 3 is 2.89 bits per heavy atom. The summed E-state index contributed by atoms with van der Waals surface area (Å²) in [5.41, 5.74) is 1.42. The maximum Gasteiger partial charge on any atom is 0.0931 e. The van der Waals surface area contributed by atoms with E-state index >= 15 is 0 Å². The zero-order valence-electron chi connectivity index (χ0n) is 11.1. The molecular weight excluding hydrogens is 276 g/mol. The fourth-order valence-electron chi connectivity index (χ4n) is 2.56. The minimum absolute atomic E-state index is 0.540. The lowest BCUT2D eigenvalue weighted by Gasteiger charge is -2.15. The third-order valence-corrected chi connectivity index (χ3v) is 4.83. The Bertz CT molecular complexity index is 542. The molecule has 1 aliphatic carbocycles. The van der Waals surface area contributed by atoms with Crippen LogP contribution < -0.4 is 5.32 Å². The second-order valence-corrected chi connectivity index (χ2v) is 7.00. The van der Waals surface area contributed by atoms with Crippen LogP contribution in [0.25, 0.3) is 0 Å². The van der Waals surface area contributed by atoms with Crippen LogP contribution in [0.2, 0.25) is 4.34 Å². The van der Waals surface area contributed by atoms with E-state index in [0.29, 0.717) is 6.04 Å². The van der Waals surface area contributed by atoms with Gasteiger partial charge in [-0.25, -0.2) is 0 Å². The normalized spacial score (nSPS) is 16.7. The highest BCUT2D eigenvalue weighted by atomic mass is 35.5. The second-order valence-electron chi connectivity index (χ2n) is 5.20. The van der Waals surface area contributed by atoms with Crippen LogP contribution in [0.4, 0.5) is 0 Å². The largest absolute Gasteiger partial charge is 0.349 e. The van der Waals surface area contributed by atoms with Crippen LogP contribution in [0.15, 0.2) is 30.6 Å². The molecule has 0 aromatic carbocycles. The molecule has 2 aromatic rings. The topological polar surface area (TPSA) is 17.0 Å². The SMILES string of the molecule is CCNC(c1ccn(Cc2ccc(Cl)s2)c1)C1CC1. The molecule has 0 spiro atoms. The summed E-state index contributed by atoms with van der Waals surface area (Å²) in [6, 6.07) is 6.87. The molecule has 0 bridgehead atoms. The number of nitrogens with zero attached hydrogens (tertiary/aromatic N) is 1. The van der Waals surface area contributed by atoms with Crippen molar-refractivity contribution in [1.29, 1.82) is 0 Å². The molecule has 0 aliphatic heterocycles. The molecule has 1 atom stereocenters. The number of aromatic nitrogens is 1. The van der Waals surface area contributed by atoms with Gasteiger partial charge in [0.2, 0.25) is 0 Å². The number of hydrogen-bond acceptors (Lipinski definition) is 2. The Kier molecular flexibility index (Phi) is 3.96. The highest BCUT2D eigenvalue weighted by Crippen LogP contribution is 2.41. The summed E-state index contributed by atoms with van der Waals surface area (Å²) >= 11 is 7.63. The van der Waals surface area contributed by atoms with Crippen LogP contribution in [0, 0.1) is 5.92 Å². The lowest BCUT2D eigenvalue weighted by Crippen LogP contribution is -2.22. The maximum atomic E-state index is 5.97. The second kappa shape index (κ2) is 5.70. The Morgan fingerprint density at radius 1 is 1.42 bits per heavy atom. The van der Waals surface area contributed by atoms with Gasteiger partial charge in [0.05, 0.1) is 10.9 Å². The van der Waals surface area contributed by atoms with Crippen molar-refractivity contribution in [2.24, 2.45) is 5.92 Å². The van der Waals surface area contributed by atoms with Gasteiger partial charge < -0.3 is 9.88 Å². The summed E-state index contributed by atoms with van der Waals surface area (Å²) < 4.78 is 3.12. The van der Waals surface area contributed by atoms with Gasteiger partial charge in [0.1, 0.15) is 0 Å². The van der Waals surface area contributed by atoms with E-state index in [2.05, 4.69) is 41.3 Å². The summed E-state index contributed by atoms with van der Waals surface area (Å²) in [7, 11) is 0. The first-order valence-corrected chi connectivity index (χ1v) is 8.09. The van der Waals surface area contributed by atoms with Gasteiger partial charge in [-0.05, 0) is 49.1 Å². The Morgan fingerprint density at radius 2 is 2.26 bits per heavy atom. The fraction of sp³-hybridized carbons (Fsp3) is 0.467.